The van der Waals surface area contributed by atoms with Crippen LogP contribution in [0.5, 0.6) is 11.5 Å². The van der Waals surface area contributed by atoms with Gasteiger partial charge in [-0.2, -0.15) is 0 Å². The predicted molar refractivity (Wildman–Crippen MR) is 158 cm³/mol. The van der Waals surface area contributed by atoms with E-state index in [0.717, 1.165) is 10.0 Å². The van der Waals surface area contributed by atoms with Crippen LogP contribution in [0, 0.1) is 0 Å². The number of nitrogens with one attached hydrogen (secondary N) is 2. The lowest BCUT2D eigenvalue weighted by Gasteiger charge is -2.25. The summed E-state index contributed by atoms with van der Waals surface area (Å²) in [6.07, 6.45) is 0.681. The van der Waals surface area contributed by atoms with E-state index in [-0.39, 0.29) is 31.1 Å². The highest BCUT2D eigenvalue weighted by Gasteiger charge is 2.35. The van der Waals surface area contributed by atoms with Crippen molar-refractivity contribution in [2.24, 2.45) is 0 Å². The molecule has 2 atom stereocenters. The number of methoxy groups -OCH3 is 3. The summed E-state index contributed by atoms with van der Waals surface area (Å²) in [6.45, 7) is 0.735. The first kappa shape index (κ1) is 29.9. The summed E-state index contributed by atoms with van der Waals surface area (Å²) in [5.74, 6) is 0.524. The molecular formula is C30H32BrN3O7. The van der Waals surface area contributed by atoms with Gasteiger partial charge < -0.3 is 34.5 Å². The molecule has 11 heteroatoms. The van der Waals surface area contributed by atoms with Gasteiger partial charge in [-0.05, 0) is 76.4 Å². The number of halogens is 1. The fraction of sp³-hybridized carbons (Fsp3) is 0.300. The Labute approximate surface area is 247 Å². The summed E-state index contributed by atoms with van der Waals surface area (Å²) in [5.41, 5.74) is 2.27. The highest BCUT2D eigenvalue weighted by Crippen LogP contribution is 2.28. The van der Waals surface area contributed by atoms with Crippen LogP contribution < -0.4 is 20.1 Å². The Hall–Kier alpha value is -4.09. The fourth-order valence-electron chi connectivity index (χ4n) is 4.57. The first-order valence-electron chi connectivity index (χ1n) is 12.9. The summed E-state index contributed by atoms with van der Waals surface area (Å²) >= 11 is 3.41. The van der Waals surface area contributed by atoms with Crippen molar-refractivity contribution in [2.75, 3.05) is 45.1 Å². The van der Waals surface area contributed by atoms with Crippen LogP contribution in [0.2, 0.25) is 0 Å². The average molecular weight is 627 g/mol. The summed E-state index contributed by atoms with van der Waals surface area (Å²) in [7, 11) is 4.47. The number of rotatable bonds is 10. The molecule has 1 fully saturated rings. The van der Waals surface area contributed by atoms with Crippen LogP contribution in [-0.2, 0) is 20.7 Å². The quantitative estimate of drug-likeness (QED) is 0.300. The molecule has 0 radical (unpaired) electrons. The number of likely N-dealkylation sites (tertiary alicyclic amines) is 1. The normalized spacial score (nSPS) is 16.1. The number of hydrogen-bond acceptors (Lipinski definition) is 7. The van der Waals surface area contributed by atoms with Gasteiger partial charge in [0.2, 0.25) is 5.91 Å². The fourth-order valence-corrected chi connectivity index (χ4v) is 4.95. The van der Waals surface area contributed by atoms with Crippen molar-refractivity contribution in [2.45, 2.75) is 25.0 Å². The maximum atomic E-state index is 13.4. The SMILES string of the molecule is COC(=O)c1ccc(OCC2CC(OC)CN2C(=O)Cc2ccc(NC(=O)Nc3ccccc3Br)c(OC)c2)cc1. The van der Waals surface area contributed by atoms with Gasteiger partial charge in [0.15, 0.2) is 0 Å². The Balaban J connectivity index is 1.38. The van der Waals surface area contributed by atoms with Crippen molar-refractivity contribution in [1.29, 1.82) is 0 Å². The second-order valence-electron chi connectivity index (χ2n) is 9.39. The number of para-hydroxylation sites is 1. The van der Waals surface area contributed by atoms with Crippen molar-refractivity contribution >= 4 is 45.2 Å². The third-order valence-corrected chi connectivity index (χ3v) is 7.43. The number of carbonyl (C=O) groups excluding carboxylic acids is 3. The lowest BCUT2D eigenvalue weighted by atomic mass is 10.1. The van der Waals surface area contributed by atoms with E-state index < -0.39 is 12.0 Å². The molecule has 1 saturated heterocycles. The van der Waals surface area contributed by atoms with Gasteiger partial charge in [0.1, 0.15) is 18.1 Å². The average Bonchev–Trinajstić information content (AvgIpc) is 3.41. The smallest absolute Gasteiger partial charge is 0.337 e. The lowest BCUT2D eigenvalue weighted by Crippen LogP contribution is -2.40. The maximum absolute atomic E-state index is 13.4. The standard InChI is InChI=1S/C30H32BrN3O7/c1-38-23-16-21(18-41-22-11-9-20(10-12-22)29(36)40-3)34(17-23)28(35)15-19-8-13-26(27(14-19)39-2)33-30(37)32-25-7-5-4-6-24(25)31/h4-14,21,23H,15-18H2,1-3H3,(H2,32,33,37). The summed E-state index contributed by atoms with van der Waals surface area (Å²) in [6, 6.07) is 18.6. The van der Waals surface area contributed by atoms with Gasteiger partial charge in [0, 0.05) is 18.1 Å². The van der Waals surface area contributed by atoms with Crippen LogP contribution in [-0.4, -0.2) is 69.4 Å². The van der Waals surface area contributed by atoms with Crippen LogP contribution in [0.25, 0.3) is 0 Å². The number of urea groups is 1. The van der Waals surface area contributed by atoms with E-state index in [1.807, 2.05) is 18.2 Å². The molecule has 1 aliphatic rings. The minimum Gasteiger partial charge on any atom is -0.495 e. The third-order valence-electron chi connectivity index (χ3n) is 6.74. The van der Waals surface area contributed by atoms with Crippen LogP contribution in [0.3, 0.4) is 0 Å². The largest absolute Gasteiger partial charge is 0.495 e. The number of hydrogen-bond donors (Lipinski definition) is 2. The Morgan fingerprint density at radius 1 is 0.951 bits per heavy atom. The highest BCUT2D eigenvalue weighted by molar-refractivity contribution is 9.10. The van der Waals surface area contributed by atoms with Crippen molar-refractivity contribution in [3.63, 3.8) is 0 Å². The van der Waals surface area contributed by atoms with Crippen LogP contribution in [0.4, 0.5) is 16.2 Å². The van der Waals surface area contributed by atoms with Gasteiger partial charge in [-0.1, -0.05) is 18.2 Å². The molecule has 0 saturated carbocycles. The lowest BCUT2D eigenvalue weighted by molar-refractivity contribution is -0.132. The molecule has 2 N–H and O–H groups in total. The number of esters is 1. The third kappa shape index (κ3) is 7.77. The minimum atomic E-state index is -0.426. The summed E-state index contributed by atoms with van der Waals surface area (Å²) in [5, 5.41) is 5.57. The van der Waals surface area contributed by atoms with Gasteiger partial charge in [-0.15, -0.1) is 0 Å². The van der Waals surface area contributed by atoms with Gasteiger partial charge in [0.25, 0.3) is 0 Å². The molecule has 3 aromatic carbocycles. The van der Waals surface area contributed by atoms with Gasteiger partial charge in [0.05, 0.1) is 49.7 Å². The van der Waals surface area contributed by atoms with Crippen molar-refractivity contribution in [3.05, 3.63) is 82.3 Å². The van der Waals surface area contributed by atoms with Crippen molar-refractivity contribution in [3.8, 4) is 11.5 Å². The summed E-state index contributed by atoms with van der Waals surface area (Å²) < 4.78 is 22.5. The summed E-state index contributed by atoms with van der Waals surface area (Å²) in [4.78, 5) is 39.4. The maximum Gasteiger partial charge on any atom is 0.337 e. The molecule has 1 aliphatic heterocycles. The number of anilines is 2. The molecule has 3 amide bonds. The van der Waals surface area contributed by atoms with E-state index in [9.17, 15) is 14.4 Å². The first-order chi connectivity index (χ1) is 19.8. The second-order valence-corrected chi connectivity index (χ2v) is 10.2. The second kappa shape index (κ2) is 14.0. The van der Waals surface area contributed by atoms with Crippen molar-refractivity contribution < 1.29 is 33.3 Å². The molecule has 10 nitrogen and oxygen atoms in total. The molecule has 0 spiro atoms. The predicted octanol–water partition coefficient (Wildman–Crippen LogP) is 5.13. The molecule has 3 aromatic rings. The van der Waals surface area contributed by atoms with Gasteiger partial charge >= 0.3 is 12.0 Å². The number of carbonyl (C=O) groups is 3. The van der Waals surface area contributed by atoms with E-state index in [0.29, 0.717) is 41.4 Å². The zero-order valence-corrected chi connectivity index (χ0v) is 24.6. The zero-order valence-electron chi connectivity index (χ0n) is 23.0. The molecule has 2 unspecified atom stereocenters. The molecular weight excluding hydrogens is 594 g/mol. The first-order valence-corrected chi connectivity index (χ1v) is 13.7. The van der Waals surface area contributed by atoms with Crippen LogP contribution in [0.1, 0.15) is 22.3 Å². The van der Waals surface area contributed by atoms with E-state index in [1.54, 1.807) is 60.5 Å². The zero-order chi connectivity index (χ0) is 29.4. The number of ether oxygens (including phenoxy) is 4. The van der Waals surface area contributed by atoms with E-state index >= 15 is 0 Å². The minimum absolute atomic E-state index is 0.0753. The van der Waals surface area contributed by atoms with Crippen LogP contribution in [0.15, 0.2) is 71.2 Å². The molecule has 0 bridgehead atoms. The van der Waals surface area contributed by atoms with E-state index in [2.05, 4.69) is 26.6 Å². The van der Waals surface area contributed by atoms with E-state index in [1.165, 1.54) is 14.2 Å². The monoisotopic (exact) mass is 625 g/mol. The highest BCUT2D eigenvalue weighted by atomic mass is 79.9. The van der Waals surface area contributed by atoms with Crippen LogP contribution >= 0.6 is 15.9 Å². The molecule has 0 aliphatic carbocycles. The molecule has 1 heterocycles. The topological polar surface area (TPSA) is 115 Å². The number of nitrogens with zero attached hydrogens (tertiary/aromatic N) is 1. The molecule has 0 aromatic heterocycles. The Morgan fingerprint density at radius 3 is 2.37 bits per heavy atom. The number of amides is 3. The molecule has 4 rings (SSSR count). The number of benzene rings is 3. The van der Waals surface area contributed by atoms with Gasteiger partial charge in [-0.25, -0.2) is 9.59 Å². The van der Waals surface area contributed by atoms with Crippen molar-refractivity contribution in [1.82, 2.24) is 4.90 Å². The van der Waals surface area contributed by atoms with Gasteiger partial charge in [-0.3, -0.25) is 4.79 Å². The molecule has 41 heavy (non-hydrogen) atoms. The van der Waals surface area contributed by atoms with E-state index in [4.69, 9.17) is 18.9 Å². The Bertz CT molecular complexity index is 1380. The Morgan fingerprint density at radius 2 is 1.68 bits per heavy atom. The Kier molecular flexibility index (Phi) is 10.2. The molecule has 216 valence electrons.